The fourth-order valence-electron chi connectivity index (χ4n) is 3.91. The molecule has 2 aromatic carbocycles. The second-order valence-corrected chi connectivity index (χ2v) is 8.37. The van der Waals surface area contributed by atoms with Crippen LogP contribution in [0.4, 0.5) is 17.6 Å². The number of Topliss-reactive ketones (excluding diaryl/α,β-unsaturated/α-hetero) is 1. The molecule has 1 heterocycles. The predicted molar refractivity (Wildman–Crippen MR) is 112 cm³/mol. The van der Waals surface area contributed by atoms with Gasteiger partial charge in [-0.25, -0.2) is 4.39 Å². The number of nitrogens with zero attached hydrogens (tertiary/aromatic N) is 2. The summed E-state index contributed by atoms with van der Waals surface area (Å²) in [6.07, 6.45) is -7.41. The van der Waals surface area contributed by atoms with E-state index in [4.69, 9.17) is 11.6 Å². The van der Waals surface area contributed by atoms with Gasteiger partial charge in [0.1, 0.15) is 0 Å². The first-order valence-corrected chi connectivity index (χ1v) is 10.5. The van der Waals surface area contributed by atoms with Gasteiger partial charge in [-0.05, 0) is 30.5 Å². The van der Waals surface area contributed by atoms with Gasteiger partial charge in [0.05, 0.1) is 22.6 Å². The number of hydrogen-bond donors (Lipinski definition) is 1. The normalized spacial score (nSPS) is 18.5. The molecule has 0 saturated carbocycles. The maximum absolute atomic E-state index is 14.9. The van der Waals surface area contributed by atoms with Gasteiger partial charge in [0, 0.05) is 23.6 Å². The smallest absolute Gasteiger partial charge is 0.385 e. The summed E-state index contributed by atoms with van der Waals surface area (Å²) >= 11 is 5.63. The third-order valence-corrected chi connectivity index (χ3v) is 6.19. The Kier molecular flexibility index (Phi) is 7.40. The van der Waals surface area contributed by atoms with Crippen LogP contribution in [0.1, 0.15) is 40.7 Å². The molecule has 1 N–H and O–H groups in total. The van der Waals surface area contributed by atoms with Crippen LogP contribution in [0, 0.1) is 10.1 Å². The summed E-state index contributed by atoms with van der Waals surface area (Å²) in [5.41, 5.74) is -2.60. The van der Waals surface area contributed by atoms with Crippen molar-refractivity contribution in [2.24, 2.45) is 0 Å². The average molecular weight is 489 g/mol. The summed E-state index contributed by atoms with van der Waals surface area (Å²) in [7, 11) is 0. The Morgan fingerprint density at radius 3 is 2.33 bits per heavy atom. The number of halogens is 5. The van der Waals surface area contributed by atoms with Crippen LogP contribution in [0.25, 0.3) is 0 Å². The highest BCUT2D eigenvalue weighted by atomic mass is 35.5. The lowest BCUT2D eigenvalue weighted by Gasteiger charge is -2.40. The lowest BCUT2D eigenvalue weighted by molar-refractivity contribution is -0.508. The van der Waals surface area contributed by atoms with Gasteiger partial charge in [-0.15, -0.1) is 0 Å². The van der Waals surface area contributed by atoms with Crippen LogP contribution in [0.2, 0.25) is 5.02 Å². The molecule has 1 aliphatic rings. The molecule has 0 aliphatic carbocycles. The molecule has 11 heteroatoms. The van der Waals surface area contributed by atoms with Crippen LogP contribution in [0.15, 0.2) is 48.5 Å². The van der Waals surface area contributed by atoms with Crippen LogP contribution < -0.4 is 0 Å². The average Bonchev–Trinajstić information content (AvgIpc) is 2.77. The summed E-state index contributed by atoms with van der Waals surface area (Å²) in [4.78, 5) is 24.3. The number of ketones is 1. The number of benzene rings is 2. The topological polar surface area (TPSA) is 83.7 Å². The molecule has 2 aromatic rings. The first kappa shape index (κ1) is 25.1. The summed E-state index contributed by atoms with van der Waals surface area (Å²) in [6.45, 7) is -0.128. The number of carbonyl (C=O) groups excluding carboxylic acids is 1. The van der Waals surface area contributed by atoms with Crippen molar-refractivity contribution in [1.82, 2.24) is 4.90 Å². The van der Waals surface area contributed by atoms with Gasteiger partial charge in [0.15, 0.2) is 6.30 Å². The third kappa shape index (κ3) is 5.69. The molecule has 1 aliphatic heterocycles. The SMILES string of the molecule is O=C(c1ccccc1)C(CC(F)N1CCC(O)(c2ccc(Cl)c(C(F)(F)F)c2)CC1)[N+](=O)[O-]. The molecule has 2 atom stereocenters. The molecule has 178 valence electrons. The van der Waals surface area contributed by atoms with E-state index in [2.05, 4.69) is 0 Å². The zero-order valence-electron chi connectivity index (χ0n) is 17.3. The van der Waals surface area contributed by atoms with Crippen LogP contribution in [-0.2, 0) is 11.8 Å². The van der Waals surface area contributed by atoms with Crippen molar-refractivity contribution in [2.75, 3.05) is 13.1 Å². The largest absolute Gasteiger partial charge is 0.417 e. The van der Waals surface area contributed by atoms with Crippen molar-refractivity contribution in [3.05, 3.63) is 80.4 Å². The van der Waals surface area contributed by atoms with E-state index >= 15 is 0 Å². The summed E-state index contributed by atoms with van der Waals surface area (Å²) in [5.74, 6) is -0.808. The molecule has 3 rings (SSSR count). The van der Waals surface area contributed by atoms with Crippen molar-refractivity contribution < 1.29 is 32.4 Å². The van der Waals surface area contributed by atoms with Gasteiger partial charge in [-0.1, -0.05) is 48.0 Å². The number of nitro groups is 1. The van der Waals surface area contributed by atoms with Crippen LogP contribution >= 0.6 is 11.6 Å². The van der Waals surface area contributed by atoms with Gasteiger partial charge in [-0.3, -0.25) is 19.8 Å². The highest BCUT2D eigenvalue weighted by Gasteiger charge is 2.41. The van der Waals surface area contributed by atoms with Gasteiger partial charge >= 0.3 is 6.18 Å². The number of alkyl halides is 4. The van der Waals surface area contributed by atoms with Crippen molar-refractivity contribution in [3.8, 4) is 0 Å². The van der Waals surface area contributed by atoms with Gasteiger partial charge in [0.2, 0.25) is 5.78 Å². The molecule has 1 fully saturated rings. The number of likely N-dealkylation sites (tertiary alicyclic amines) is 1. The van der Waals surface area contributed by atoms with Crippen LogP contribution in [0.5, 0.6) is 0 Å². The molecule has 6 nitrogen and oxygen atoms in total. The lowest BCUT2D eigenvalue weighted by Crippen LogP contribution is -2.47. The van der Waals surface area contributed by atoms with E-state index in [1.165, 1.54) is 23.1 Å². The van der Waals surface area contributed by atoms with E-state index in [0.717, 1.165) is 12.1 Å². The standard InChI is InChI=1S/C22H21ClF4N2O4/c23-17-7-6-15(12-16(17)22(25,26)27)21(31)8-10-28(11-9-21)19(24)13-18(29(32)33)20(30)14-4-2-1-3-5-14/h1-7,12,18-19,31H,8-11,13H2. The Labute approximate surface area is 191 Å². The highest BCUT2D eigenvalue weighted by Crippen LogP contribution is 2.40. The second-order valence-electron chi connectivity index (χ2n) is 7.96. The molecule has 0 bridgehead atoms. The Morgan fingerprint density at radius 2 is 1.79 bits per heavy atom. The van der Waals surface area contributed by atoms with Crippen LogP contribution in [0.3, 0.4) is 0 Å². The second kappa shape index (κ2) is 9.74. The van der Waals surface area contributed by atoms with Gasteiger partial charge in [-0.2, -0.15) is 13.2 Å². The summed E-state index contributed by atoms with van der Waals surface area (Å²) in [5, 5.41) is 21.8. The van der Waals surface area contributed by atoms with E-state index in [1.54, 1.807) is 18.2 Å². The summed E-state index contributed by atoms with van der Waals surface area (Å²) < 4.78 is 54.4. The monoisotopic (exact) mass is 488 g/mol. The summed E-state index contributed by atoms with van der Waals surface area (Å²) in [6, 6.07) is 8.90. The molecule has 2 unspecified atom stereocenters. The zero-order valence-corrected chi connectivity index (χ0v) is 18.0. The minimum absolute atomic E-state index is 0.0108. The van der Waals surface area contributed by atoms with E-state index in [-0.39, 0.29) is 37.1 Å². The third-order valence-electron chi connectivity index (χ3n) is 5.86. The van der Waals surface area contributed by atoms with Crippen molar-refractivity contribution >= 4 is 17.4 Å². The molecular formula is C22H21ClF4N2O4. The number of hydrogen-bond acceptors (Lipinski definition) is 5. The molecule has 33 heavy (non-hydrogen) atoms. The van der Waals surface area contributed by atoms with E-state index in [1.807, 2.05) is 0 Å². The minimum Gasteiger partial charge on any atom is -0.385 e. The van der Waals surface area contributed by atoms with Gasteiger partial charge < -0.3 is 5.11 Å². The van der Waals surface area contributed by atoms with Crippen molar-refractivity contribution in [3.63, 3.8) is 0 Å². The fraction of sp³-hybridized carbons (Fsp3) is 0.409. The Balaban J connectivity index is 1.68. The number of piperidine rings is 1. The quantitative estimate of drug-likeness (QED) is 0.198. The minimum atomic E-state index is -4.70. The fourth-order valence-corrected chi connectivity index (χ4v) is 4.14. The van der Waals surface area contributed by atoms with Crippen LogP contribution in [-0.4, -0.2) is 46.1 Å². The van der Waals surface area contributed by atoms with Gasteiger partial charge in [0.25, 0.3) is 6.04 Å². The van der Waals surface area contributed by atoms with E-state index in [0.29, 0.717) is 0 Å². The molecule has 0 amide bonds. The maximum Gasteiger partial charge on any atom is 0.417 e. The van der Waals surface area contributed by atoms with Crippen molar-refractivity contribution in [2.45, 2.75) is 43.4 Å². The Hall–Kier alpha value is -2.56. The van der Waals surface area contributed by atoms with E-state index in [9.17, 15) is 37.6 Å². The lowest BCUT2D eigenvalue weighted by atomic mass is 9.83. The Morgan fingerprint density at radius 1 is 1.18 bits per heavy atom. The zero-order chi connectivity index (χ0) is 24.4. The molecule has 0 spiro atoms. The number of aliphatic hydroxyl groups is 1. The molecule has 0 radical (unpaired) electrons. The Bertz CT molecular complexity index is 1010. The van der Waals surface area contributed by atoms with Crippen molar-refractivity contribution in [1.29, 1.82) is 0 Å². The molecule has 0 aromatic heterocycles. The van der Waals surface area contributed by atoms with E-state index < -0.39 is 51.8 Å². The number of rotatable bonds is 7. The highest BCUT2D eigenvalue weighted by molar-refractivity contribution is 6.31. The number of carbonyl (C=O) groups is 1. The first-order chi connectivity index (χ1) is 15.4. The molecular weight excluding hydrogens is 468 g/mol. The predicted octanol–water partition coefficient (Wildman–Crippen LogP) is 4.86. The first-order valence-electron chi connectivity index (χ1n) is 10.1. The maximum atomic E-state index is 14.9. The molecule has 1 saturated heterocycles.